The second-order valence-electron chi connectivity index (χ2n) is 8.47. The van der Waals surface area contributed by atoms with Crippen molar-refractivity contribution in [1.82, 2.24) is 14.5 Å². The molecule has 34 heavy (non-hydrogen) atoms. The van der Waals surface area contributed by atoms with Gasteiger partial charge in [-0.05, 0) is 49.6 Å². The minimum Gasteiger partial charge on any atom is -0.335 e. The molecule has 1 heterocycles. The van der Waals surface area contributed by atoms with Crippen molar-refractivity contribution < 1.29 is 9.18 Å². The lowest BCUT2D eigenvalue weighted by atomic mass is 10.2. The number of hydrogen-bond donors (Lipinski definition) is 0. The Balaban J connectivity index is 1.47. The molecule has 0 aliphatic heterocycles. The fraction of sp³-hybridized carbons (Fsp3) is 0.222. The number of hydrogen-bond acceptors (Lipinski definition) is 4. The average Bonchev–Trinajstić information content (AvgIpc) is 3.68. The second kappa shape index (κ2) is 9.43. The number of halogens is 1. The van der Waals surface area contributed by atoms with E-state index >= 15 is 0 Å². The lowest BCUT2D eigenvalue weighted by Gasteiger charge is -2.23. The van der Waals surface area contributed by atoms with Crippen LogP contribution in [-0.2, 0) is 11.3 Å². The number of rotatable bonds is 7. The van der Waals surface area contributed by atoms with Crippen LogP contribution in [0.1, 0.15) is 24.0 Å². The topological polar surface area (TPSA) is 55.2 Å². The normalized spacial score (nSPS) is 13.2. The van der Waals surface area contributed by atoms with Gasteiger partial charge in [-0.3, -0.25) is 14.2 Å². The van der Waals surface area contributed by atoms with E-state index < -0.39 is 0 Å². The first-order chi connectivity index (χ1) is 16.5. The monoisotopic (exact) mass is 473 g/mol. The molecule has 5 rings (SSSR count). The quantitative estimate of drug-likeness (QED) is 0.276. The van der Waals surface area contributed by atoms with Gasteiger partial charge < -0.3 is 4.90 Å². The molecule has 0 atom stereocenters. The number of thioether (sulfide) groups is 1. The summed E-state index contributed by atoms with van der Waals surface area (Å²) in [7, 11) is 0. The number of para-hydroxylation sites is 2. The zero-order valence-corrected chi connectivity index (χ0v) is 19.6. The van der Waals surface area contributed by atoms with Gasteiger partial charge in [0, 0.05) is 18.2 Å². The van der Waals surface area contributed by atoms with Crippen molar-refractivity contribution >= 4 is 28.6 Å². The van der Waals surface area contributed by atoms with Crippen LogP contribution in [0, 0.1) is 12.7 Å². The van der Waals surface area contributed by atoms with Gasteiger partial charge in [-0.2, -0.15) is 0 Å². The Morgan fingerprint density at radius 3 is 2.53 bits per heavy atom. The van der Waals surface area contributed by atoms with Crippen LogP contribution in [0.3, 0.4) is 0 Å². The van der Waals surface area contributed by atoms with E-state index in [-0.39, 0.29) is 35.6 Å². The molecule has 0 N–H and O–H groups in total. The average molecular weight is 474 g/mol. The van der Waals surface area contributed by atoms with Crippen LogP contribution in [-0.4, -0.2) is 32.2 Å². The molecule has 5 nitrogen and oxygen atoms in total. The predicted molar refractivity (Wildman–Crippen MR) is 133 cm³/mol. The van der Waals surface area contributed by atoms with Crippen LogP contribution in [0.25, 0.3) is 16.6 Å². The molecule has 1 aliphatic rings. The van der Waals surface area contributed by atoms with E-state index in [1.807, 2.05) is 43.3 Å². The highest BCUT2D eigenvalue weighted by atomic mass is 32.2. The van der Waals surface area contributed by atoms with Crippen LogP contribution in [0.2, 0.25) is 0 Å². The maximum Gasteiger partial charge on any atom is 0.266 e. The fourth-order valence-corrected chi connectivity index (χ4v) is 4.95. The molecule has 0 spiro atoms. The van der Waals surface area contributed by atoms with Gasteiger partial charge in [0.2, 0.25) is 5.91 Å². The summed E-state index contributed by atoms with van der Waals surface area (Å²) < 4.78 is 15.8. The molecule has 1 saturated carbocycles. The minimum atomic E-state index is -0.307. The van der Waals surface area contributed by atoms with Gasteiger partial charge >= 0.3 is 0 Å². The van der Waals surface area contributed by atoms with Crippen LogP contribution in [0.5, 0.6) is 0 Å². The Bertz CT molecular complexity index is 1430. The molecule has 1 aliphatic carbocycles. The summed E-state index contributed by atoms with van der Waals surface area (Å²) in [6.45, 7) is 2.19. The number of aromatic nitrogens is 2. The number of aryl methyl sites for hydroxylation is 1. The summed E-state index contributed by atoms with van der Waals surface area (Å²) in [4.78, 5) is 33.2. The Hall–Kier alpha value is -3.45. The van der Waals surface area contributed by atoms with Crippen molar-refractivity contribution in [2.24, 2.45) is 0 Å². The molecule has 0 saturated heterocycles. The van der Waals surface area contributed by atoms with Gasteiger partial charge in [-0.25, -0.2) is 9.37 Å². The van der Waals surface area contributed by atoms with Crippen LogP contribution in [0.15, 0.2) is 82.7 Å². The van der Waals surface area contributed by atoms with Crippen molar-refractivity contribution in [3.8, 4) is 5.69 Å². The van der Waals surface area contributed by atoms with E-state index in [1.165, 1.54) is 17.8 Å². The second-order valence-corrected chi connectivity index (χ2v) is 9.41. The third-order valence-electron chi connectivity index (χ3n) is 6.03. The van der Waals surface area contributed by atoms with Crippen molar-refractivity contribution in [2.45, 2.75) is 37.5 Å². The Kier molecular flexibility index (Phi) is 6.20. The minimum absolute atomic E-state index is 0.0884. The standard InChI is InChI=1S/C27H24FN3O2S/c1-18-8-2-7-13-24(18)31-26(33)21-10-4-6-12-23(21)29-27(31)34-17-25(32)30(20-14-15-20)16-19-9-3-5-11-22(19)28/h2-13,20H,14-17H2,1H3. The van der Waals surface area contributed by atoms with Gasteiger partial charge in [0.15, 0.2) is 5.16 Å². The summed E-state index contributed by atoms with van der Waals surface area (Å²) in [6.07, 6.45) is 1.85. The third kappa shape index (κ3) is 4.48. The Morgan fingerprint density at radius 2 is 1.76 bits per heavy atom. The first kappa shape index (κ1) is 22.3. The Morgan fingerprint density at radius 1 is 1.06 bits per heavy atom. The van der Waals surface area contributed by atoms with Gasteiger partial charge in [0.1, 0.15) is 5.82 Å². The number of nitrogens with zero attached hydrogens (tertiary/aromatic N) is 3. The number of carbonyl (C=O) groups excluding carboxylic acids is 1. The molecule has 0 bridgehead atoms. The van der Waals surface area contributed by atoms with Crippen molar-refractivity contribution in [3.05, 3.63) is 100 Å². The molecule has 0 radical (unpaired) electrons. The van der Waals surface area contributed by atoms with E-state index in [0.29, 0.717) is 21.6 Å². The number of amides is 1. The summed E-state index contributed by atoms with van der Waals surface area (Å²) in [5, 5.41) is 0.994. The zero-order chi connectivity index (χ0) is 23.7. The highest BCUT2D eigenvalue weighted by Crippen LogP contribution is 2.30. The van der Waals surface area contributed by atoms with Crippen molar-refractivity contribution in [3.63, 3.8) is 0 Å². The molecule has 0 unspecified atom stereocenters. The van der Waals surface area contributed by atoms with Crippen LogP contribution >= 0.6 is 11.8 Å². The SMILES string of the molecule is Cc1ccccc1-n1c(SCC(=O)N(Cc2ccccc2F)C2CC2)nc2ccccc2c1=O. The van der Waals surface area contributed by atoms with Gasteiger partial charge in [0.05, 0.1) is 22.3 Å². The summed E-state index contributed by atoms with van der Waals surface area (Å²) in [5.74, 6) is -0.283. The van der Waals surface area contributed by atoms with Crippen LogP contribution in [0.4, 0.5) is 4.39 Å². The summed E-state index contributed by atoms with van der Waals surface area (Å²) >= 11 is 1.24. The lowest BCUT2D eigenvalue weighted by Crippen LogP contribution is -2.34. The highest BCUT2D eigenvalue weighted by Gasteiger charge is 2.33. The summed E-state index contributed by atoms with van der Waals surface area (Å²) in [6, 6.07) is 21.6. The predicted octanol–water partition coefficient (Wildman–Crippen LogP) is 5.12. The maximum absolute atomic E-state index is 14.2. The largest absolute Gasteiger partial charge is 0.335 e. The van der Waals surface area contributed by atoms with E-state index in [1.54, 1.807) is 39.8 Å². The number of benzene rings is 3. The number of fused-ring (bicyclic) bond motifs is 1. The van der Waals surface area contributed by atoms with E-state index in [0.717, 1.165) is 24.1 Å². The van der Waals surface area contributed by atoms with E-state index in [9.17, 15) is 14.0 Å². The van der Waals surface area contributed by atoms with E-state index in [4.69, 9.17) is 4.98 Å². The molecular weight excluding hydrogens is 449 g/mol. The third-order valence-corrected chi connectivity index (χ3v) is 6.96. The molecular formula is C27H24FN3O2S. The smallest absolute Gasteiger partial charge is 0.266 e. The van der Waals surface area contributed by atoms with Crippen LogP contribution < -0.4 is 5.56 Å². The molecule has 4 aromatic rings. The molecule has 1 amide bonds. The van der Waals surface area contributed by atoms with Gasteiger partial charge in [0.25, 0.3) is 5.56 Å². The van der Waals surface area contributed by atoms with Crippen molar-refractivity contribution in [2.75, 3.05) is 5.75 Å². The van der Waals surface area contributed by atoms with Crippen molar-refractivity contribution in [1.29, 1.82) is 0 Å². The maximum atomic E-state index is 14.2. The molecule has 3 aromatic carbocycles. The fourth-order valence-electron chi connectivity index (χ4n) is 4.06. The first-order valence-electron chi connectivity index (χ1n) is 11.3. The molecule has 7 heteroatoms. The highest BCUT2D eigenvalue weighted by molar-refractivity contribution is 7.99. The zero-order valence-electron chi connectivity index (χ0n) is 18.8. The first-order valence-corrected chi connectivity index (χ1v) is 12.2. The lowest BCUT2D eigenvalue weighted by molar-refractivity contribution is -0.129. The Labute approximate surface area is 201 Å². The summed E-state index contributed by atoms with van der Waals surface area (Å²) in [5.41, 5.74) is 2.62. The molecule has 1 fully saturated rings. The molecule has 172 valence electrons. The molecule has 1 aromatic heterocycles. The number of carbonyl (C=O) groups is 1. The van der Waals surface area contributed by atoms with Gasteiger partial charge in [-0.15, -0.1) is 0 Å². The van der Waals surface area contributed by atoms with Gasteiger partial charge in [-0.1, -0.05) is 60.3 Å². The van der Waals surface area contributed by atoms with E-state index in [2.05, 4.69) is 0 Å².